The van der Waals surface area contributed by atoms with E-state index in [0.29, 0.717) is 5.59 Å². The molecule has 0 saturated carbocycles. The first-order valence-electron chi connectivity index (χ1n) is 4.59. The van der Waals surface area contributed by atoms with Crippen molar-refractivity contribution in [3.63, 3.8) is 0 Å². The first kappa shape index (κ1) is 11.6. The fourth-order valence-corrected chi connectivity index (χ4v) is 0.927. The van der Waals surface area contributed by atoms with Crippen molar-refractivity contribution in [3.8, 4) is 0 Å². The fraction of sp³-hybridized carbons (Fsp3) is 0.444. The molecule has 0 saturated heterocycles. The SMILES string of the molecule is CC(C)(C)OC(=O)OB(O)c1ccc[nH]1. The van der Waals surface area contributed by atoms with Crippen LogP contribution in [0.1, 0.15) is 20.8 Å². The quantitative estimate of drug-likeness (QED) is 0.556. The van der Waals surface area contributed by atoms with Crippen molar-refractivity contribution in [2.24, 2.45) is 0 Å². The van der Waals surface area contributed by atoms with Gasteiger partial charge in [0.15, 0.2) is 0 Å². The average Bonchev–Trinajstić information content (AvgIpc) is 2.50. The van der Waals surface area contributed by atoms with Gasteiger partial charge in [-0.15, -0.1) is 0 Å². The van der Waals surface area contributed by atoms with E-state index in [2.05, 4.69) is 9.64 Å². The zero-order valence-electron chi connectivity index (χ0n) is 8.98. The number of carbonyl (C=O) groups is 1. The number of aromatic nitrogens is 1. The third kappa shape index (κ3) is 4.08. The van der Waals surface area contributed by atoms with Gasteiger partial charge in [-0.3, -0.25) is 0 Å². The van der Waals surface area contributed by atoms with Crippen molar-refractivity contribution in [3.05, 3.63) is 18.3 Å². The molecule has 5 nitrogen and oxygen atoms in total. The van der Waals surface area contributed by atoms with Gasteiger partial charge in [-0.05, 0) is 32.9 Å². The topological polar surface area (TPSA) is 71.6 Å². The number of carbonyl (C=O) groups excluding carboxylic acids is 1. The predicted molar refractivity (Wildman–Crippen MR) is 55.7 cm³/mol. The van der Waals surface area contributed by atoms with Gasteiger partial charge in [0, 0.05) is 6.20 Å². The molecule has 2 N–H and O–H groups in total. The van der Waals surface area contributed by atoms with Gasteiger partial charge in [-0.1, -0.05) is 0 Å². The third-order valence-electron chi connectivity index (χ3n) is 1.49. The van der Waals surface area contributed by atoms with Crippen LogP contribution in [-0.4, -0.2) is 28.9 Å². The molecule has 0 unspecified atom stereocenters. The second-order valence-corrected chi connectivity index (χ2v) is 4.06. The third-order valence-corrected chi connectivity index (χ3v) is 1.49. The molecule has 15 heavy (non-hydrogen) atoms. The van der Waals surface area contributed by atoms with Crippen molar-refractivity contribution >= 4 is 18.9 Å². The van der Waals surface area contributed by atoms with Gasteiger partial charge in [0.05, 0.1) is 5.59 Å². The van der Waals surface area contributed by atoms with Gasteiger partial charge in [0.25, 0.3) is 0 Å². The molecule has 0 bridgehead atoms. The van der Waals surface area contributed by atoms with Crippen molar-refractivity contribution in [2.45, 2.75) is 26.4 Å². The summed E-state index contributed by atoms with van der Waals surface area (Å²) in [4.78, 5) is 13.9. The van der Waals surface area contributed by atoms with Crippen LogP contribution in [0.15, 0.2) is 18.3 Å². The Morgan fingerprint density at radius 1 is 1.53 bits per heavy atom. The minimum Gasteiger partial charge on any atom is -0.472 e. The van der Waals surface area contributed by atoms with Crippen LogP contribution in [0.5, 0.6) is 0 Å². The van der Waals surface area contributed by atoms with Crippen LogP contribution in [0, 0.1) is 0 Å². The summed E-state index contributed by atoms with van der Waals surface area (Å²) in [5, 5.41) is 9.42. The van der Waals surface area contributed by atoms with Gasteiger partial charge in [-0.2, -0.15) is 0 Å². The summed E-state index contributed by atoms with van der Waals surface area (Å²) in [5.41, 5.74) is -0.229. The number of hydrogen-bond donors (Lipinski definition) is 2. The second kappa shape index (κ2) is 4.40. The molecular formula is C9H14BNO4. The molecule has 1 aromatic heterocycles. The van der Waals surface area contributed by atoms with Crippen molar-refractivity contribution in [1.29, 1.82) is 0 Å². The number of rotatable bonds is 2. The molecule has 0 atom stereocenters. The summed E-state index contributed by atoms with van der Waals surface area (Å²) in [6.07, 6.45) is 0.724. The van der Waals surface area contributed by atoms with E-state index < -0.39 is 18.9 Å². The molecule has 6 heteroatoms. The maximum atomic E-state index is 11.1. The van der Waals surface area contributed by atoms with Gasteiger partial charge < -0.3 is 19.4 Å². The van der Waals surface area contributed by atoms with E-state index in [1.54, 1.807) is 39.1 Å². The first-order chi connectivity index (χ1) is 6.88. The molecule has 82 valence electrons. The highest BCUT2D eigenvalue weighted by Crippen LogP contribution is 2.08. The molecule has 0 radical (unpaired) electrons. The van der Waals surface area contributed by atoms with Crippen LogP contribution in [0.25, 0.3) is 0 Å². The maximum Gasteiger partial charge on any atom is 0.581 e. The van der Waals surface area contributed by atoms with Gasteiger partial charge in [-0.25, -0.2) is 4.79 Å². The van der Waals surface area contributed by atoms with Crippen LogP contribution in [0.4, 0.5) is 4.79 Å². The van der Waals surface area contributed by atoms with E-state index in [9.17, 15) is 9.82 Å². The fourth-order valence-electron chi connectivity index (χ4n) is 0.927. The van der Waals surface area contributed by atoms with Crippen LogP contribution >= 0.6 is 0 Å². The zero-order chi connectivity index (χ0) is 11.5. The maximum absolute atomic E-state index is 11.1. The van der Waals surface area contributed by atoms with E-state index in [-0.39, 0.29) is 0 Å². The Bertz CT molecular complexity index is 317. The standard InChI is InChI=1S/C9H14BNO4/c1-9(2,3)14-8(12)15-10(13)7-5-4-6-11-7/h4-6,11,13H,1-3H3. The molecular weight excluding hydrogens is 197 g/mol. The monoisotopic (exact) mass is 211 g/mol. The number of H-pyrrole nitrogens is 1. The minimum atomic E-state index is -1.32. The lowest BCUT2D eigenvalue weighted by Gasteiger charge is -2.19. The second-order valence-electron chi connectivity index (χ2n) is 4.06. The van der Waals surface area contributed by atoms with Crippen LogP contribution < -0.4 is 5.59 Å². The summed E-state index contributed by atoms with van der Waals surface area (Å²) in [7, 11) is -1.32. The number of hydrogen-bond acceptors (Lipinski definition) is 4. The molecule has 0 aliphatic heterocycles. The Balaban J connectivity index is 2.45. The molecule has 1 heterocycles. The molecule has 0 fully saturated rings. The highest BCUT2D eigenvalue weighted by atomic mass is 16.7. The lowest BCUT2D eigenvalue weighted by atomic mass is 9.86. The molecule has 0 spiro atoms. The van der Waals surface area contributed by atoms with Crippen LogP contribution in [-0.2, 0) is 9.39 Å². The lowest BCUT2D eigenvalue weighted by molar-refractivity contribution is 0.0173. The summed E-state index contributed by atoms with van der Waals surface area (Å²) in [6.45, 7) is 5.15. The van der Waals surface area contributed by atoms with Gasteiger partial charge in [0.2, 0.25) is 0 Å². The molecule has 0 aromatic carbocycles. The molecule has 0 aliphatic rings. The number of ether oxygens (including phenoxy) is 1. The van der Waals surface area contributed by atoms with Crippen molar-refractivity contribution in [1.82, 2.24) is 4.98 Å². The number of aromatic amines is 1. The zero-order valence-corrected chi connectivity index (χ0v) is 8.98. The molecule has 1 aromatic rings. The molecule has 0 amide bonds. The largest absolute Gasteiger partial charge is 0.581 e. The summed E-state index contributed by atoms with van der Waals surface area (Å²) >= 11 is 0. The van der Waals surface area contributed by atoms with E-state index >= 15 is 0 Å². The smallest absolute Gasteiger partial charge is 0.472 e. The predicted octanol–water partition coefficient (Wildman–Crippen LogP) is 0.654. The Morgan fingerprint density at radius 3 is 2.67 bits per heavy atom. The van der Waals surface area contributed by atoms with Crippen LogP contribution in [0.2, 0.25) is 0 Å². The van der Waals surface area contributed by atoms with Crippen molar-refractivity contribution < 1.29 is 19.2 Å². The summed E-state index contributed by atoms with van der Waals surface area (Å²) < 4.78 is 9.51. The Morgan fingerprint density at radius 2 is 2.20 bits per heavy atom. The Labute approximate surface area is 88.5 Å². The normalized spacial score (nSPS) is 10.9. The average molecular weight is 211 g/mol. The summed E-state index contributed by atoms with van der Waals surface area (Å²) in [5.74, 6) is 0. The minimum absolute atomic E-state index is 0.404. The Hall–Kier alpha value is -1.43. The highest BCUT2D eigenvalue weighted by molar-refractivity contribution is 6.60. The summed E-state index contributed by atoms with van der Waals surface area (Å²) in [6, 6.07) is 3.30. The first-order valence-corrected chi connectivity index (χ1v) is 4.59. The van der Waals surface area contributed by atoms with E-state index in [0.717, 1.165) is 0 Å². The molecule has 0 aliphatic carbocycles. The van der Waals surface area contributed by atoms with E-state index in [1.807, 2.05) is 0 Å². The van der Waals surface area contributed by atoms with Crippen molar-refractivity contribution in [2.75, 3.05) is 0 Å². The number of nitrogens with one attached hydrogen (secondary N) is 1. The van der Waals surface area contributed by atoms with E-state index in [4.69, 9.17) is 4.74 Å². The van der Waals surface area contributed by atoms with Crippen LogP contribution in [0.3, 0.4) is 0 Å². The lowest BCUT2D eigenvalue weighted by Crippen LogP contribution is -2.38. The highest BCUT2D eigenvalue weighted by Gasteiger charge is 2.26. The molecule has 1 rings (SSSR count). The van der Waals surface area contributed by atoms with E-state index in [1.165, 1.54) is 0 Å². The van der Waals surface area contributed by atoms with Gasteiger partial charge >= 0.3 is 13.3 Å². The Kier molecular flexibility index (Phi) is 3.41. The van der Waals surface area contributed by atoms with Gasteiger partial charge in [0.1, 0.15) is 5.60 Å².